The van der Waals surface area contributed by atoms with Gasteiger partial charge in [0, 0.05) is 16.9 Å². The summed E-state index contributed by atoms with van der Waals surface area (Å²) in [6, 6.07) is 2.03. The number of aliphatic hydroxyl groups is 1. The molecule has 2 atom stereocenters. The maximum absolute atomic E-state index is 12.5. The lowest BCUT2D eigenvalue weighted by Gasteiger charge is -2.30. The second-order valence-corrected chi connectivity index (χ2v) is 15.6. The zero-order valence-electron chi connectivity index (χ0n) is 12.2. The van der Waals surface area contributed by atoms with Crippen molar-refractivity contribution in [1.82, 2.24) is 0 Å². The Kier molecular flexibility index (Phi) is 19.3. The van der Waals surface area contributed by atoms with Gasteiger partial charge < -0.3 is 5.11 Å². The van der Waals surface area contributed by atoms with Gasteiger partial charge in [0.25, 0.3) is 0 Å². The Labute approximate surface area is 141 Å². The zero-order chi connectivity index (χ0) is 14.6. The first kappa shape index (κ1) is 33.7. The Balaban J connectivity index is -0.000000241. The van der Waals surface area contributed by atoms with E-state index in [1.54, 1.807) is 0 Å². The number of hydrogen-bond acceptors (Lipinski definition) is 1. The van der Waals surface area contributed by atoms with Crippen molar-refractivity contribution in [3.8, 4) is 0 Å². The van der Waals surface area contributed by atoms with Crippen LogP contribution in [0.2, 0.25) is 37.4 Å². The van der Waals surface area contributed by atoms with Crippen molar-refractivity contribution in [1.29, 1.82) is 0 Å². The van der Waals surface area contributed by atoms with E-state index in [1.165, 1.54) is 5.67 Å². The third kappa shape index (κ3) is 11.7. The van der Waals surface area contributed by atoms with E-state index in [2.05, 4.69) is 26.6 Å². The molecular weight excluding hydrogens is 321 g/mol. The molecule has 0 aromatic carbocycles. The van der Waals surface area contributed by atoms with E-state index in [4.69, 9.17) is 0 Å². The van der Waals surface area contributed by atoms with Crippen LogP contribution in [-0.2, 0) is 0 Å². The van der Waals surface area contributed by atoms with E-state index < -0.39 is 28.6 Å². The average Bonchev–Trinajstić information content (AvgIpc) is 2.14. The van der Waals surface area contributed by atoms with Gasteiger partial charge in [-0.2, -0.15) is 13.2 Å². The van der Waals surface area contributed by atoms with Crippen LogP contribution in [0.3, 0.4) is 0 Å². The Morgan fingerprint density at radius 1 is 1.05 bits per heavy atom. The van der Waals surface area contributed by atoms with Gasteiger partial charge in [-0.1, -0.05) is 80.4 Å². The molecule has 0 amide bonds. The first-order chi connectivity index (χ1) is 7.93. The summed E-state index contributed by atoms with van der Waals surface area (Å²) in [6.07, 6.45) is -4.19. The molecule has 0 spiro atoms. The predicted octanol–water partition coefficient (Wildman–Crippen LogP) is 6.75. The summed E-state index contributed by atoms with van der Waals surface area (Å²) in [5.41, 5.74) is -1.23. The quantitative estimate of drug-likeness (QED) is 0.495. The van der Waals surface area contributed by atoms with Crippen LogP contribution in [0.15, 0.2) is 0 Å². The van der Waals surface area contributed by atoms with Crippen molar-refractivity contribution in [2.75, 3.05) is 0 Å². The lowest BCUT2D eigenvalue weighted by Crippen LogP contribution is -2.42. The normalized spacial score (nSPS) is 16.1. The third-order valence-electron chi connectivity index (χ3n) is 3.81. The summed E-state index contributed by atoms with van der Waals surface area (Å²) in [6.45, 7) is 9.93. The molecule has 0 aliphatic carbocycles. The topological polar surface area (TPSA) is 20.2 Å². The summed E-state index contributed by atoms with van der Waals surface area (Å²) in [5.74, 6) is 0. The van der Waals surface area contributed by atoms with Gasteiger partial charge in [-0.25, -0.2) is 0 Å². The van der Waals surface area contributed by atoms with Crippen molar-refractivity contribution in [3.63, 3.8) is 0 Å². The smallest absolute Gasteiger partial charge is 0.381 e. The number of alkyl halides is 3. The van der Waals surface area contributed by atoms with Gasteiger partial charge in [-0.3, -0.25) is 0 Å². The highest BCUT2D eigenvalue weighted by atomic mass is 28.4. The van der Waals surface area contributed by atoms with Gasteiger partial charge in [-0.15, -0.1) is 0 Å². The fourth-order valence-electron chi connectivity index (χ4n) is 2.41. The van der Waals surface area contributed by atoms with Gasteiger partial charge in [0.15, 0.2) is 5.60 Å². The maximum Gasteiger partial charge on any atom is 0.416 e. The van der Waals surface area contributed by atoms with E-state index in [-0.39, 0.29) is 36.1 Å². The van der Waals surface area contributed by atoms with Crippen LogP contribution >= 0.6 is 0 Å². The molecule has 0 rings (SSSR count). The van der Waals surface area contributed by atoms with Gasteiger partial charge in [0.05, 0.1) is 0 Å². The number of hydrogen-bond donors (Lipinski definition) is 1. The van der Waals surface area contributed by atoms with Gasteiger partial charge in [-0.05, 0) is 13.3 Å². The molecule has 0 heterocycles. The van der Waals surface area contributed by atoms with Gasteiger partial charge in [0.2, 0.25) is 0 Å². The molecule has 2 unspecified atom stereocenters. The van der Waals surface area contributed by atoms with Crippen molar-refractivity contribution in [3.05, 3.63) is 0 Å². The molecule has 0 aromatic rings. The molecule has 0 saturated heterocycles. The van der Waals surface area contributed by atoms with Crippen molar-refractivity contribution < 1.29 is 18.3 Å². The molecule has 1 nitrogen and oxygen atoms in total. The molecule has 6 heteroatoms. The molecule has 0 aliphatic rings. The summed E-state index contributed by atoms with van der Waals surface area (Å²) in [4.78, 5) is 0. The highest BCUT2D eigenvalue weighted by molar-refractivity contribution is 6.88. The minimum absolute atomic E-state index is 0. The fraction of sp³-hybridized carbons (Fsp3) is 1.00. The van der Waals surface area contributed by atoms with Crippen LogP contribution in [0.4, 0.5) is 13.2 Å². The molecule has 1 N–H and O–H groups in total. The molecule has 0 aromatic heterocycles. The lowest BCUT2D eigenvalue weighted by molar-refractivity contribution is -0.255. The van der Waals surface area contributed by atoms with E-state index >= 15 is 0 Å². The van der Waals surface area contributed by atoms with Crippen molar-refractivity contribution in [2.45, 2.75) is 106 Å². The summed E-state index contributed by atoms with van der Waals surface area (Å²) < 4.78 is 37.5. The molecule has 142 valence electrons. The Morgan fingerprint density at radius 2 is 1.45 bits per heavy atom. The molecule has 22 heavy (non-hydrogen) atoms. The zero-order valence-corrected chi connectivity index (χ0v) is 14.3. The van der Waals surface area contributed by atoms with Crippen LogP contribution in [0, 0.1) is 0 Å². The molecular formula is C16H43F3OSi2. The second kappa shape index (κ2) is 12.6. The van der Waals surface area contributed by atoms with E-state index in [0.717, 1.165) is 19.0 Å². The Hall–Kier alpha value is 0.184. The Bertz CT molecular complexity index is 256. The monoisotopic (exact) mass is 364 g/mol. The lowest BCUT2D eigenvalue weighted by atomic mass is 10.0. The first-order valence-electron chi connectivity index (χ1n) is 6.72. The standard InChI is InChI=1S/C12H27F3OSi2.4CH4/c1-6-18(5,10-17(3)4)9-7-8-11(2,16)12(13,14)15;;;;/h16-17H,6-10H2,1-5H3;4*1H4. The predicted molar refractivity (Wildman–Crippen MR) is 103 cm³/mol. The third-order valence-corrected chi connectivity index (χ3v) is 14.3. The van der Waals surface area contributed by atoms with Crippen LogP contribution < -0.4 is 0 Å². The summed E-state index contributed by atoms with van der Waals surface area (Å²) in [7, 11) is -2.02. The highest BCUT2D eigenvalue weighted by Crippen LogP contribution is 2.35. The van der Waals surface area contributed by atoms with Crippen molar-refractivity contribution in [2.24, 2.45) is 0 Å². The average molecular weight is 365 g/mol. The van der Waals surface area contributed by atoms with E-state index in [1.807, 2.05) is 0 Å². The van der Waals surface area contributed by atoms with Crippen LogP contribution in [-0.4, -0.2) is 33.8 Å². The van der Waals surface area contributed by atoms with E-state index in [9.17, 15) is 18.3 Å². The largest absolute Gasteiger partial charge is 0.416 e. The van der Waals surface area contributed by atoms with Crippen LogP contribution in [0.1, 0.15) is 56.4 Å². The SMILES string of the molecule is C.C.C.C.CC[Si](C)(CCCC(C)(O)C(F)(F)F)C[SiH](C)C. The second-order valence-electron chi connectivity index (χ2n) is 6.39. The van der Waals surface area contributed by atoms with Crippen molar-refractivity contribution >= 4 is 16.9 Å². The molecule has 0 aliphatic heterocycles. The minimum atomic E-state index is -4.51. The van der Waals surface area contributed by atoms with Crippen LogP contribution in [0.25, 0.3) is 0 Å². The minimum Gasteiger partial charge on any atom is -0.381 e. The Morgan fingerprint density at radius 3 is 1.73 bits per heavy atom. The summed E-state index contributed by atoms with van der Waals surface area (Å²) in [5, 5.41) is 9.40. The van der Waals surface area contributed by atoms with E-state index in [0.29, 0.717) is 6.42 Å². The molecule has 0 bridgehead atoms. The fourth-order valence-corrected chi connectivity index (χ4v) is 13.6. The first-order valence-corrected chi connectivity index (χ1v) is 13.0. The van der Waals surface area contributed by atoms with Crippen LogP contribution in [0.5, 0.6) is 0 Å². The number of rotatable bonds is 7. The highest BCUT2D eigenvalue weighted by Gasteiger charge is 2.49. The van der Waals surface area contributed by atoms with Gasteiger partial charge in [0.1, 0.15) is 0 Å². The summed E-state index contributed by atoms with van der Waals surface area (Å²) >= 11 is 0. The molecule has 0 saturated carbocycles. The maximum atomic E-state index is 12.5. The van der Waals surface area contributed by atoms with Gasteiger partial charge >= 0.3 is 6.18 Å². The molecule has 0 radical (unpaired) electrons. The molecule has 0 fully saturated rings. The number of halogens is 3.